The van der Waals surface area contributed by atoms with Crippen LogP contribution in [0.3, 0.4) is 0 Å². The lowest BCUT2D eigenvalue weighted by molar-refractivity contribution is 0.389. The van der Waals surface area contributed by atoms with Crippen molar-refractivity contribution in [2.75, 3.05) is 0 Å². The molecule has 3 nitrogen and oxygen atoms in total. The Bertz CT molecular complexity index is 209. The van der Waals surface area contributed by atoms with Gasteiger partial charge in [0.1, 0.15) is 0 Å². The zero-order chi connectivity index (χ0) is 7.02. The lowest BCUT2D eigenvalue weighted by Crippen LogP contribution is -1.88. The summed E-state index contributed by atoms with van der Waals surface area (Å²) >= 11 is 0. The lowest BCUT2D eigenvalue weighted by atomic mass is 10.5. The van der Waals surface area contributed by atoms with E-state index in [1.807, 2.05) is 0 Å². The molecule has 0 radical (unpaired) electrons. The van der Waals surface area contributed by atoms with Gasteiger partial charge < -0.3 is 5.11 Å². The molecular formula is C5H7FN2O. The van der Waals surface area contributed by atoms with Gasteiger partial charge in [-0.1, -0.05) is 0 Å². The number of aromatic nitrogens is 2. The Morgan fingerprint density at radius 2 is 2.22 bits per heavy atom. The monoisotopic (exact) mass is 130 g/mol. The minimum absolute atomic E-state index is 0.218. The first-order valence-electron chi connectivity index (χ1n) is 2.51. The molecule has 1 aromatic rings. The zero-order valence-corrected chi connectivity index (χ0v) is 5.22. The van der Waals surface area contributed by atoms with E-state index in [-0.39, 0.29) is 5.69 Å². The molecule has 50 valence electrons. The van der Waals surface area contributed by atoms with Crippen LogP contribution in [0.5, 0.6) is 5.88 Å². The summed E-state index contributed by atoms with van der Waals surface area (Å²) in [4.78, 5) is 0. The van der Waals surface area contributed by atoms with Crippen molar-refractivity contribution in [3.05, 3.63) is 11.5 Å². The van der Waals surface area contributed by atoms with E-state index >= 15 is 0 Å². The molecule has 4 heteroatoms. The zero-order valence-electron chi connectivity index (χ0n) is 5.22. The van der Waals surface area contributed by atoms with Crippen molar-refractivity contribution in [3.63, 3.8) is 0 Å². The minimum atomic E-state index is -0.641. The van der Waals surface area contributed by atoms with Gasteiger partial charge in [-0.05, 0) is 6.92 Å². The SMILES string of the molecule is Cc1nn(C)c(O)c1F. The second-order valence-electron chi connectivity index (χ2n) is 1.85. The molecule has 0 unspecified atom stereocenters. The fraction of sp³-hybridized carbons (Fsp3) is 0.400. The molecule has 1 heterocycles. The van der Waals surface area contributed by atoms with Crippen LogP contribution < -0.4 is 0 Å². The Morgan fingerprint density at radius 1 is 1.67 bits per heavy atom. The van der Waals surface area contributed by atoms with Crippen LogP contribution >= 0.6 is 0 Å². The first-order chi connectivity index (χ1) is 4.13. The van der Waals surface area contributed by atoms with E-state index in [9.17, 15) is 4.39 Å². The van der Waals surface area contributed by atoms with Crippen LogP contribution in [-0.2, 0) is 7.05 Å². The molecule has 1 rings (SSSR count). The minimum Gasteiger partial charge on any atom is -0.491 e. The lowest BCUT2D eigenvalue weighted by Gasteiger charge is -1.87. The maximum Gasteiger partial charge on any atom is 0.246 e. The first kappa shape index (κ1) is 6.07. The van der Waals surface area contributed by atoms with E-state index in [2.05, 4.69) is 5.10 Å². The third-order valence-electron chi connectivity index (χ3n) is 1.12. The maximum absolute atomic E-state index is 12.4. The summed E-state index contributed by atoms with van der Waals surface area (Å²) in [6.45, 7) is 1.50. The van der Waals surface area contributed by atoms with Crippen molar-refractivity contribution in [2.24, 2.45) is 7.05 Å². The Labute approximate surface area is 51.7 Å². The van der Waals surface area contributed by atoms with E-state index in [4.69, 9.17) is 5.11 Å². The second-order valence-corrected chi connectivity index (χ2v) is 1.85. The van der Waals surface area contributed by atoms with Crippen molar-refractivity contribution >= 4 is 0 Å². The summed E-state index contributed by atoms with van der Waals surface area (Å²) < 4.78 is 13.5. The summed E-state index contributed by atoms with van der Waals surface area (Å²) in [5, 5.41) is 12.4. The van der Waals surface area contributed by atoms with Crippen LogP contribution in [0.1, 0.15) is 5.69 Å². The Balaban J connectivity index is 3.29. The predicted octanol–water partition coefficient (Wildman–Crippen LogP) is 0.573. The summed E-state index contributed by atoms with van der Waals surface area (Å²) in [6, 6.07) is 0. The third kappa shape index (κ3) is 0.759. The molecular weight excluding hydrogens is 123 g/mol. The van der Waals surface area contributed by atoms with Crippen LogP contribution in [0.2, 0.25) is 0 Å². The molecule has 0 saturated carbocycles. The van der Waals surface area contributed by atoms with Crippen LogP contribution in [-0.4, -0.2) is 14.9 Å². The van der Waals surface area contributed by atoms with Gasteiger partial charge in [0.2, 0.25) is 11.7 Å². The molecule has 0 aliphatic heterocycles. The van der Waals surface area contributed by atoms with E-state index in [1.54, 1.807) is 0 Å². The Kier molecular flexibility index (Phi) is 1.16. The van der Waals surface area contributed by atoms with Crippen LogP contribution in [0, 0.1) is 12.7 Å². The summed E-state index contributed by atoms with van der Waals surface area (Å²) in [7, 11) is 1.48. The van der Waals surface area contributed by atoms with Gasteiger partial charge in [-0.2, -0.15) is 9.49 Å². The molecule has 0 aliphatic carbocycles. The number of hydrogen-bond acceptors (Lipinski definition) is 2. The van der Waals surface area contributed by atoms with Gasteiger partial charge in [-0.3, -0.25) is 0 Å². The van der Waals surface area contributed by atoms with E-state index < -0.39 is 11.7 Å². The van der Waals surface area contributed by atoms with E-state index in [0.29, 0.717) is 0 Å². The van der Waals surface area contributed by atoms with Crippen molar-refractivity contribution in [1.29, 1.82) is 0 Å². The largest absolute Gasteiger partial charge is 0.491 e. The van der Waals surface area contributed by atoms with Crippen LogP contribution in [0.15, 0.2) is 0 Å². The molecule has 1 aromatic heterocycles. The van der Waals surface area contributed by atoms with E-state index in [1.165, 1.54) is 14.0 Å². The van der Waals surface area contributed by atoms with Crippen molar-refractivity contribution in [3.8, 4) is 5.88 Å². The van der Waals surface area contributed by atoms with Gasteiger partial charge in [0.15, 0.2) is 0 Å². The molecule has 0 spiro atoms. The Hall–Kier alpha value is -1.06. The standard InChI is InChI=1S/C5H7FN2O/c1-3-4(6)5(9)8(2)7-3/h9H,1-2H3. The highest BCUT2D eigenvalue weighted by molar-refractivity contribution is 5.15. The molecule has 0 bridgehead atoms. The topological polar surface area (TPSA) is 38.0 Å². The average molecular weight is 130 g/mol. The average Bonchev–Trinajstić information content (AvgIpc) is 1.98. The Morgan fingerprint density at radius 3 is 2.33 bits per heavy atom. The van der Waals surface area contributed by atoms with Crippen molar-refractivity contribution in [2.45, 2.75) is 6.92 Å². The highest BCUT2D eigenvalue weighted by Gasteiger charge is 2.09. The van der Waals surface area contributed by atoms with Gasteiger partial charge in [-0.25, -0.2) is 4.68 Å². The number of aryl methyl sites for hydroxylation is 2. The molecule has 0 saturated heterocycles. The summed E-state index contributed by atoms with van der Waals surface area (Å²) in [5.74, 6) is -1.05. The molecule has 0 aromatic carbocycles. The highest BCUT2D eigenvalue weighted by Crippen LogP contribution is 2.15. The molecule has 0 fully saturated rings. The number of hydrogen-bond donors (Lipinski definition) is 1. The number of halogens is 1. The molecule has 0 atom stereocenters. The number of aromatic hydroxyl groups is 1. The number of nitrogens with zero attached hydrogens (tertiary/aromatic N) is 2. The van der Waals surface area contributed by atoms with Gasteiger partial charge >= 0.3 is 0 Å². The normalized spacial score (nSPS) is 10.1. The highest BCUT2D eigenvalue weighted by atomic mass is 19.1. The molecule has 9 heavy (non-hydrogen) atoms. The summed E-state index contributed by atoms with van der Waals surface area (Å²) in [5.41, 5.74) is 0.218. The maximum atomic E-state index is 12.4. The quantitative estimate of drug-likeness (QED) is 0.557. The fourth-order valence-electron chi connectivity index (χ4n) is 0.620. The number of rotatable bonds is 0. The molecule has 0 aliphatic rings. The van der Waals surface area contributed by atoms with Gasteiger partial charge in [0, 0.05) is 7.05 Å². The van der Waals surface area contributed by atoms with Gasteiger partial charge in [-0.15, -0.1) is 0 Å². The smallest absolute Gasteiger partial charge is 0.246 e. The van der Waals surface area contributed by atoms with Crippen molar-refractivity contribution in [1.82, 2.24) is 9.78 Å². The van der Waals surface area contributed by atoms with Crippen LogP contribution in [0.25, 0.3) is 0 Å². The predicted molar refractivity (Wildman–Crippen MR) is 29.6 cm³/mol. The molecule has 1 N–H and O–H groups in total. The van der Waals surface area contributed by atoms with Gasteiger partial charge in [0.25, 0.3) is 0 Å². The van der Waals surface area contributed by atoms with Crippen molar-refractivity contribution < 1.29 is 9.50 Å². The van der Waals surface area contributed by atoms with Gasteiger partial charge in [0.05, 0.1) is 5.69 Å². The first-order valence-corrected chi connectivity index (χ1v) is 2.51. The second kappa shape index (κ2) is 1.72. The molecule has 0 amide bonds. The summed E-state index contributed by atoms with van der Waals surface area (Å²) in [6.07, 6.45) is 0. The van der Waals surface area contributed by atoms with Crippen LogP contribution in [0.4, 0.5) is 4.39 Å². The third-order valence-corrected chi connectivity index (χ3v) is 1.12. The fourth-order valence-corrected chi connectivity index (χ4v) is 0.620. The van der Waals surface area contributed by atoms with E-state index in [0.717, 1.165) is 4.68 Å².